The summed E-state index contributed by atoms with van der Waals surface area (Å²) in [5.74, 6) is 0. The molecule has 0 amide bonds. The lowest BCUT2D eigenvalue weighted by atomic mass is 10.1. The van der Waals surface area contributed by atoms with E-state index in [0.717, 1.165) is 11.3 Å². The fraction of sp³-hybridized carbons (Fsp3) is 0.417. The van der Waals surface area contributed by atoms with Crippen LogP contribution in [0.3, 0.4) is 0 Å². The molecule has 0 saturated heterocycles. The fourth-order valence-corrected chi connectivity index (χ4v) is 1.60. The van der Waals surface area contributed by atoms with Crippen LogP contribution in [0.25, 0.3) is 0 Å². The highest BCUT2D eigenvalue weighted by molar-refractivity contribution is 7.80. The number of rotatable bonds is 3. The van der Waals surface area contributed by atoms with Crippen molar-refractivity contribution >= 4 is 23.0 Å². The average Bonchev–Trinajstić information content (AvgIpc) is 2.21. The van der Waals surface area contributed by atoms with Gasteiger partial charge in [0.15, 0.2) is 5.11 Å². The normalized spacial score (nSPS) is 11.0. The molecule has 88 valence electrons. The molecule has 1 rings (SSSR count). The highest BCUT2D eigenvalue weighted by Gasteiger charge is 2.17. The van der Waals surface area contributed by atoms with Crippen LogP contribution in [0.5, 0.6) is 0 Å². The Balaban J connectivity index is 2.62. The third kappa shape index (κ3) is 3.79. The molecule has 0 atom stereocenters. The molecule has 0 aliphatic rings. The minimum atomic E-state index is -0.410. The summed E-state index contributed by atoms with van der Waals surface area (Å²) in [7, 11) is 0. The third-order valence-electron chi connectivity index (χ3n) is 2.24. The number of aliphatic hydroxyl groups is 1. The summed E-state index contributed by atoms with van der Waals surface area (Å²) >= 11 is 5.18. The van der Waals surface area contributed by atoms with Gasteiger partial charge in [0, 0.05) is 5.69 Å². The predicted octanol–water partition coefficient (Wildman–Crippen LogP) is 2.05. The lowest BCUT2D eigenvalue weighted by molar-refractivity contribution is 0.207. The molecule has 1 aromatic carbocycles. The van der Waals surface area contributed by atoms with Gasteiger partial charge in [-0.1, -0.05) is 18.2 Å². The van der Waals surface area contributed by atoms with Gasteiger partial charge in [0.1, 0.15) is 0 Å². The quantitative estimate of drug-likeness (QED) is 0.705. The van der Waals surface area contributed by atoms with E-state index in [2.05, 4.69) is 10.6 Å². The van der Waals surface area contributed by atoms with E-state index >= 15 is 0 Å². The molecule has 0 radical (unpaired) electrons. The molecule has 0 aliphatic carbocycles. The highest BCUT2D eigenvalue weighted by atomic mass is 32.1. The predicted molar refractivity (Wildman–Crippen MR) is 71.7 cm³/mol. The zero-order valence-electron chi connectivity index (χ0n) is 9.87. The first-order chi connectivity index (χ1) is 7.44. The summed E-state index contributed by atoms with van der Waals surface area (Å²) in [5, 5.41) is 15.8. The average molecular weight is 238 g/mol. The molecule has 3 nitrogen and oxygen atoms in total. The van der Waals surface area contributed by atoms with Crippen molar-refractivity contribution in [3.05, 3.63) is 29.8 Å². The van der Waals surface area contributed by atoms with Gasteiger partial charge >= 0.3 is 0 Å². The molecular formula is C12H18N2OS. The van der Waals surface area contributed by atoms with E-state index in [0.29, 0.717) is 5.11 Å². The maximum atomic E-state index is 9.11. The van der Waals surface area contributed by atoms with E-state index in [9.17, 15) is 0 Å². The number of benzene rings is 1. The summed E-state index contributed by atoms with van der Waals surface area (Å²) < 4.78 is 0. The van der Waals surface area contributed by atoms with Crippen molar-refractivity contribution in [1.82, 2.24) is 5.32 Å². The summed E-state index contributed by atoms with van der Waals surface area (Å²) in [6.07, 6.45) is 0. The van der Waals surface area contributed by atoms with Crippen molar-refractivity contribution in [3.63, 3.8) is 0 Å². The van der Waals surface area contributed by atoms with E-state index in [4.69, 9.17) is 17.3 Å². The number of para-hydroxylation sites is 1. The first-order valence-corrected chi connectivity index (χ1v) is 5.61. The van der Waals surface area contributed by atoms with Gasteiger partial charge < -0.3 is 15.7 Å². The Hall–Kier alpha value is -1.13. The van der Waals surface area contributed by atoms with Crippen LogP contribution in [0.2, 0.25) is 0 Å². The number of nitrogens with one attached hydrogen (secondary N) is 2. The molecule has 0 spiro atoms. The van der Waals surface area contributed by atoms with Crippen LogP contribution in [0.15, 0.2) is 24.3 Å². The van der Waals surface area contributed by atoms with Crippen LogP contribution in [0, 0.1) is 6.92 Å². The summed E-state index contributed by atoms with van der Waals surface area (Å²) in [4.78, 5) is 0. The fourth-order valence-electron chi connectivity index (χ4n) is 1.21. The maximum Gasteiger partial charge on any atom is 0.171 e. The number of thiocarbonyl (C=S) groups is 1. The molecule has 0 aliphatic heterocycles. The monoisotopic (exact) mass is 238 g/mol. The Morgan fingerprint density at radius 1 is 1.38 bits per heavy atom. The van der Waals surface area contributed by atoms with Gasteiger partial charge in [-0.2, -0.15) is 0 Å². The standard InChI is InChI=1S/C12H18N2OS/c1-9-6-4-5-7-10(9)13-11(16)14-12(2,3)8-15/h4-7,15H,8H2,1-3H3,(H2,13,14,16). The van der Waals surface area contributed by atoms with Crippen molar-refractivity contribution in [2.75, 3.05) is 11.9 Å². The molecule has 0 bridgehead atoms. The van der Waals surface area contributed by atoms with E-state index in [1.54, 1.807) is 0 Å². The van der Waals surface area contributed by atoms with Gasteiger partial charge in [-0.15, -0.1) is 0 Å². The summed E-state index contributed by atoms with van der Waals surface area (Å²) in [6, 6.07) is 7.92. The Bertz CT molecular complexity index is 377. The van der Waals surface area contributed by atoms with E-state index < -0.39 is 5.54 Å². The van der Waals surface area contributed by atoms with Crippen LogP contribution >= 0.6 is 12.2 Å². The Morgan fingerprint density at radius 2 is 2.00 bits per heavy atom. The number of aliphatic hydroxyl groups excluding tert-OH is 1. The largest absolute Gasteiger partial charge is 0.394 e. The van der Waals surface area contributed by atoms with Gasteiger partial charge in [0.05, 0.1) is 12.1 Å². The molecule has 0 unspecified atom stereocenters. The lowest BCUT2D eigenvalue weighted by Gasteiger charge is -2.25. The molecular weight excluding hydrogens is 220 g/mol. The molecule has 0 heterocycles. The Kier molecular flexibility index (Phi) is 4.26. The summed E-state index contributed by atoms with van der Waals surface area (Å²) in [6.45, 7) is 5.82. The first-order valence-electron chi connectivity index (χ1n) is 5.20. The maximum absolute atomic E-state index is 9.11. The van der Waals surface area contributed by atoms with Crippen LogP contribution in [0.4, 0.5) is 5.69 Å². The molecule has 1 aromatic rings. The minimum absolute atomic E-state index is 0.0303. The molecule has 0 saturated carbocycles. The van der Waals surface area contributed by atoms with Gasteiger partial charge in [-0.25, -0.2) is 0 Å². The van der Waals surface area contributed by atoms with Crippen molar-refractivity contribution < 1.29 is 5.11 Å². The smallest absolute Gasteiger partial charge is 0.171 e. The third-order valence-corrected chi connectivity index (χ3v) is 2.44. The number of hydrogen-bond acceptors (Lipinski definition) is 2. The van der Waals surface area contributed by atoms with Crippen molar-refractivity contribution in [3.8, 4) is 0 Å². The van der Waals surface area contributed by atoms with E-state index in [-0.39, 0.29) is 6.61 Å². The van der Waals surface area contributed by atoms with Gasteiger partial charge in [-0.3, -0.25) is 0 Å². The van der Waals surface area contributed by atoms with Gasteiger partial charge in [0.2, 0.25) is 0 Å². The topological polar surface area (TPSA) is 44.3 Å². The summed E-state index contributed by atoms with van der Waals surface area (Å²) in [5.41, 5.74) is 1.70. The first kappa shape index (κ1) is 12.9. The molecule has 4 heteroatoms. The zero-order valence-corrected chi connectivity index (χ0v) is 10.7. The highest BCUT2D eigenvalue weighted by Crippen LogP contribution is 2.13. The van der Waals surface area contributed by atoms with Crippen LogP contribution in [-0.2, 0) is 0 Å². The SMILES string of the molecule is Cc1ccccc1NC(=S)NC(C)(C)CO. The Morgan fingerprint density at radius 3 is 2.56 bits per heavy atom. The number of hydrogen-bond donors (Lipinski definition) is 3. The van der Waals surface area contributed by atoms with Crippen LogP contribution in [-0.4, -0.2) is 22.4 Å². The van der Waals surface area contributed by atoms with Crippen molar-refractivity contribution in [2.24, 2.45) is 0 Å². The van der Waals surface area contributed by atoms with Gasteiger partial charge in [0.25, 0.3) is 0 Å². The molecule has 3 N–H and O–H groups in total. The van der Waals surface area contributed by atoms with Crippen molar-refractivity contribution in [1.29, 1.82) is 0 Å². The van der Waals surface area contributed by atoms with E-state index in [1.165, 1.54) is 0 Å². The minimum Gasteiger partial charge on any atom is -0.394 e. The second kappa shape index (κ2) is 5.27. The molecule has 16 heavy (non-hydrogen) atoms. The lowest BCUT2D eigenvalue weighted by Crippen LogP contribution is -2.48. The van der Waals surface area contributed by atoms with E-state index in [1.807, 2.05) is 45.0 Å². The second-order valence-corrected chi connectivity index (χ2v) is 4.84. The van der Waals surface area contributed by atoms with Crippen molar-refractivity contribution in [2.45, 2.75) is 26.3 Å². The van der Waals surface area contributed by atoms with Gasteiger partial charge in [-0.05, 0) is 44.6 Å². The molecule has 0 fully saturated rings. The number of aryl methyl sites for hydroxylation is 1. The van der Waals surface area contributed by atoms with Crippen LogP contribution < -0.4 is 10.6 Å². The zero-order chi connectivity index (χ0) is 12.2. The molecule has 0 aromatic heterocycles. The number of anilines is 1. The Labute approximate surface area is 102 Å². The van der Waals surface area contributed by atoms with Crippen LogP contribution in [0.1, 0.15) is 19.4 Å². The second-order valence-electron chi connectivity index (χ2n) is 4.44.